The van der Waals surface area contributed by atoms with Crippen LogP contribution in [0.15, 0.2) is 57.9 Å². The smallest absolute Gasteiger partial charge is 0.330 e. The minimum absolute atomic E-state index is 0.176. The van der Waals surface area contributed by atoms with Gasteiger partial charge in [0.1, 0.15) is 11.5 Å². The van der Waals surface area contributed by atoms with Crippen molar-refractivity contribution in [3.63, 3.8) is 0 Å². The minimum Gasteiger partial charge on any atom is -0.460 e. The molecule has 18 heavy (non-hydrogen) atoms. The number of nitrogens with one attached hydrogen (secondary N) is 1. The van der Waals surface area contributed by atoms with Crippen molar-refractivity contribution in [2.75, 3.05) is 0 Å². The summed E-state index contributed by atoms with van der Waals surface area (Å²) in [4.78, 5) is 14.7. The fourth-order valence-corrected chi connectivity index (χ4v) is 1.88. The van der Waals surface area contributed by atoms with Crippen molar-refractivity contribution >= 4 is 0 Å². The molecular formula is C14H12N2O2. The van der Waals surface area contributed by atoms with Gasteiger partial charge in [-0.2, -0.15) is 0 Å². The highest BCUT2D eigenvalue weighted by molar-refractivity contribution is 5.52. The topological polar surface area (TPSA) is 50.9 Å². The molecule has 0 aliphatic rings. The molecule has 0 bridgehead atoms. The van der Waals surface area contributed by atoms with Crippen molar-refractivity contribution in [3.8, 4) is 17.1 Å². The highest BCUT2D eigenvalue weighted by Gasteiger charge is 2.09. The van der Waals surface area contributed by atoms with E-state index in [9.17, 15) is 4.79 Å². The van der Waals surface area contributed by atoms with Gasteiger partial charge >= 0.3 is 5.69 Å². The molecule has 2 heterocycles. The van der Waals surface area contributed by atoms with Crippen molar-refractivity contribution in [2.24, 2.45) is 0 Å². The van der Waals surface area contributed by atoms with Crippen molar-refractivity contribution in [2.45, 2.75) is 6.92 Å². The summed E-state index contributed by atoms with van der Waals surface area (Å²) in [5.74, 6) is 1.48. The Hall–Kier alpha value is -2.49. The third kappa shape index (κ3) is 1.78. The molecule has 0 spiro atoms. The van der Waals surface area contributed by atoms with E-state index in [1.165, 1.54) is 0 Å². The number of aryl methyl sites for hydroxylation is 1. The van der Waals surface area contributed by atoms with Crippen LogP contribution in [0.25, 0.3) is 17.1 Å². The molecule has 0 unspecified atom stereocenters. The lowest BCUT2D eigenvalue weighted by molar-refractivity contribution is 0.546. The first-order valence-electron chi connectivity index (χ1n) is 5.68. The molecule has 4 nitrogen and oxygen atoms in total. The van der Waals surface area contributed by atoms with E-state index in [-0.39, 0.29) is 5.69 Å². The maximum Gasteiger partial charge on any atom is 0.330 e. The number of aromatic nitrogens is 2. The minimum atomic E-state index is -0.176. The number of benzene rings is 1. The van der Waals surface area contributed by atoms with Gasteiger partial charge in [-0.1, -0.05) is 18.2 Å². The quantitative estimate of drug-likeness (QED) is 0.748. The lowest BCUT2D eigenvalue weighted by Gasteiger charge is -1.98. The Morgan fingerprint density at radius 1 is 1.11 bits per heavy atom. The highest BCUT2D eigenvalue weighted by atomic mass is 16.3. The van der Waals surface area contributed by atoms with Gasteiger partial charge in [0.2, 0.25) is 0 Å². The number of H-pyrrole nitrogens is 1. The summed E-state index contributed by atoms with van der Waals surface area (Å²) in [6, 6.07) is 13.2. The SMILES string of the molecule is Cc1ccc(-c2cn(-c3ccccc3)c(=O)[nH]2)o1. The van der Waals surface area contributed by atoms with Crippen LogP contribution in [0, 0.1) is 6.92 Å². The van der Waals surface area contributed by atoms with Gasteiger partial charge in [0.15, 0.2) is 5.76 Å². The van der Waals surface area contributed by atoms with Gasteiger partial charge < -0.3 is 9.40 Å². The van der Waals surface area contributed by atoms with Gasteiger partial charge in [0.05, 0.1) is 5.69 Å². The molecule has 90 valence electrons. The summed E-state index contributed by atoms with van der Waals surface area (Å²) >= 11 is 0. The van der Waals surface area contributed by atoms with Gasteiger partial charge in [-0.3, -0.25) is 4.57 Å². The number of imidazole rings is 1. The lowest BCUT2D eigenvalue weighted by atomic mass is 10.3. The van der Waals surface area contributed by atoms with E-state index in [4.69, 9.17) is 4.42 Å². The van der Waals surface area contributed by atoms with Crippen LogP contribution < -0.4 is 5.69 Å². The zero-order valence-corrected chi connectivity index (χ0v) is 9.88. The number of hydrogen-bond acceptors (Lipinski definition) is 2. The molecule has 0 aliphatic heterocycles. The summed E-state index contributed by atoms with van der Waals surface area (Å²) in [6.07, 6.45) is 1.75. The molecule has 4 heteroatoms. The van der Waals surface area contributed by atoms with Crippen molar-refractivity contribution in [3.05, 3.63) is 64.9 Å². The van der Waals surface area contributed by atoms with E-state index in [1.54, 1.807) is 10.8 Å². The number of nitrogens with zero attached hydrogens (tertiary/aromatic N) is 1. The molecule has 0 saturated carbocycles. The number of furan rings is 1. The van der Waals surface area contributed by atoms with Crippen LogP contribution in [0.1, 0.15) is 5.76 Å². The van der Waals surface area contributed by atoms with Crippen LogP contribution in [0.2, 0.25) is 0 Å². The van der Waals surface area contributed by atoms with E-state index >= 15 is 0 Å². The van der Waals surface area contributed by atoms with E-state index in [0.717, 1.165) is 11.4 Å². The normalized spacial score (nSPS) is 10.7. The molecule has 3 rings (SSSR count). The van der Waals surface area contributed by atoms with Gasteiger partial charge in [-0.05, 0) is 31.2 Å². The Morgan fingerprint density at radius 2 is 1.89 bits per heavy atom. The Balaban J connectivity index is 2.09. The molecule has 0 saturated heterocycles. The zero-order chi connectivity index (χ0) is 12.5. The number of aromatic amines is 1. The van der Waals surface area contributed by atoms with Crippen LogP contribution in [-0.2, 0) is 0 Å². The Labute approximate surface area is 104 Å². The summed E-state index contributed by atoms with van der Waals surface area (Å²) in [6.45, 7) is 1.87. The predicted molar refractivity (Wildman–Crippen MR) is 68.8 cm³/mol. The summed E-state index contributed by atoms with van der Waals surface area (Å²) < 4.78 is 7.05. The third-order valence-corrected chi connectivity index (χ3v) is 2.76. The second-order valence-electron chi connectivity index (χ2n) is 4.09. The summed E-state index contributed by atoms with van der Waals surface area (Å²) in [5, 5.41) is 0. The molecule has 1 aromatic carbocycles. The molecule has 3 aromatic rings. The maximum absolute atomic E-state index is 11.9. The van der Waals surface area contributed by atoms with Gasteiger partial charge in [0, 0.05) is 6.20 Å². The first-order chi connectivity index (χ1) is 8.74. The molecule has 0 atom stereocenters. The summed E-state index contributed by atoms with van der Waals surface area (Å²) in [7, 11) is 0. The van der Waals surface area contributed by atoms with Crippen LogP contribution >= 0.6 is 0 Å². The van der Waals surface area contributed by atoms with Crippen molar-refractivity contribution in [1.29, 1.82) is 0 Å². The average molecular weight is 240 g/mol. The molecule has 1 N–H and O–H groups in total. The molecule has 0 aliphatic carbocycles. The number of hydrogen-bond donors (Lipinski definition) is 1. The molecule has 0 fully saturated rings. The van der Waals surface area contributed by atoms with Crippen LogP contribution in [-0.4, -0.2) is 9.55 Å². The van der Waals surface area contributed by atoms with Crippen molar-refractivity contribution < 1.29 is 4.42 Å². The largest absolute Gasteiger partial charge is 0.460 e. The number of rotatable bonds is 2. The van der Waals surface area contributed by atoms with Crippen molar-refractivity contribution in [1.82, 2.24) is 9.55 Å². The molecular weight excluding hydrogens is 228 g/mol. The van der Waals surface area contributed by atoms with E-state index in [0.29, 0.717) is 11.5 Å². The average Bonchev–Trinajstić information content (AvgIpc) is 2.97. The predicted octanol–water partition coefficient (Wildman–Crippen LogP) is 2.73. The second kappa shape index (κ2) is 4.07. The molecule has 0 radical (unpaired) electrons. The monoisotopic (exact) mass is 240 g/mol. The fourth-order valence-electron chi connectivity index (χ4n) is 1.88. The highest BCUT2D eigenvalue weighted by Crippen LogP contribution is 2.19. The van der Waals surface area contributed by atoms with Crippen LogP contribution in [0.5, 0.6) is 0 Å². The van der Waals surface area contributed by atoms with Crippen LogP contribution in [0.4, 0.5) is 0 Å². The van der Waals surface area contributed by atoms with Gasteiger partial charge in [0.25, 0.3) is 0 Å². The Morgan fingerprint density at radius 3 is 2.56 bits per heavy atom. The standard InChI is InChI=1S/C14H12N2O2/c1-10-7-8-13(18-10)12-9-16(14(17)15-12)11-5-3-2-4-6-11/h2-9H,1H3,(H,15,17). The van der Waals surface area contributed by atoms with E-state index < -0.39 is 0 Å². The first-order valence-corrected chi connectivity index (χ1v) is 5.68. The van der Waals surface area contributed by atoms with E-state index in [1.807, 2.05) is 49.4 Å². The number of para-hydroxylation sites is 1. The lowest BCUT2D eigenvalue weighted by Crippen LogP contribution is -2.13. The fraction of sp³-hybridized carbons (Fsp3) is 0.0714. The third-order valence-electron chi connectivity index (χ3n) is 2.76. The first kappa shape index (κ1) is 10.7. The van der Waals surface area contributed by atoms with Gasteiger partial charge in [-0.15, -0.1) is 0 Å². The maximum atomic E-state index is 11.9. The summed E-state index contributed by atoms with van der Waals surface area (Å²) in [5.41, 5.74) is 1.33. The molecule has 0 amide bonds. The zero-order valence-electron chi connectivity index (χ0n) is 9.88. The second-order valence-corrected chi connectivity index (χ2v) is 4.09. The van der Waals surface area contributed by atoms with Crippen LogP contribution in [0.3, 0.4) is 0 Å². The van der Waals surface area contributed by atoms with Gasteiger partial charge in [-0.25, -0.2) is 4.79 Å². The molecule has 2 aromatic heterocycles. The Kier molecular flexibility index (Phi) is 2.41. The van der Waals surface area contributed by atoms with E-state index in [2.05, 4.69) is 4.98 Å². The Bertz CT molecular complexity index is 720.